The van der Waals surface area contributed by atoms with Gasteiger partial charge < -0.3 is 10.1 Å². The highest BCUT2D eigenvalue weighted by molar-refractivity contribution is 6.34. The number of anilines is 1. The van der Waals surface area contributed by atoms with Crippen molar-refractivity contribution in [1.82, 2.24) is 4.98 Å². The van der Waals surface area contributed by atoms with E-state index in [0.717, 1.165) is 23.3 Å². The molecule has 0 aliphatic rings. The van der Waals surface area contributed by atoms with Crippen molar-refractivity contribution in [2.24, 2.45) is 0 Å². The van der Waals surface area contributed by atoms with Gasteiger partial charge in [-0.3, -0.25) is 4.79 Å². The monoisotopic (exact) mass is 388 g/mol. The molecule has 1 heterocycles. The summed E-state index contributed by atoms with van der Waals surface area (Å²) in [5.74, 6) is -2.24. The lowest BCUT2D eigenvalue weighted by molar-refractivity contribution is 0.102. The molecule has 0 saturated heterocycles. The summed E-state index contributed by atoms with van der Waals surface area (Å²) >= 11 is 5.86. The summed E-state index contributed by atoms with van der Waals surface area (Å²) in [5, 5.41) is 2.37. The van der Waals surface area contributed by atoms with Crippen LogP contribution in [-0.4, -0.2) is 10.9 Å². The number of nitrogens with one attached hydrogen (secondary N) is 1. The van der Waals surface area contributed by atoms with Crippen LogP contribution in [0.4, 0.5) is 14.5 Å². The predicted molar refractivity (Wildman–Crippen MR) is 99.5 cm³/mol. The highest BCUT2D eigenvalue weighted by atomic mass is 35.5. The van der Waals surface area contributed by atoms with E-state index in [4.69, 9.17) is 16.3 Å². The number of halogens is 3. The van der Waals surface area contributed by atoms with Gasteiger partial charge >= 0.3 is 0 Å². The van der Waals surface area contributed by atoms with Crippen LogP contribution in [0.5, 0.6) is 11.6 Å². The molecule has 0 unspecified atom stereocenters. The van der Waals surface area contributed by atoms with Crippen molar-refractivity contribution >= 4 is 23.2 Å². The summed E-state index contributed by atoms with van der Waals surface area (Å²) in [6.45, 7) is 3.86. The van der Waals surface area contributed by atoms with E-state index in [-0.39, 0.29) is 22.2 Å². The van der Waals surface area contributed by atoms with E-state index in [9.17, 15) is 13.6 Å². The van der Waals surface area contributed by atoms with Gasteiger partial charge in [0.05, 0.1) is 10.6 Å². The fourth-order valence-electron chi connectivity index (χ4n) is 2.39. The summed E-state index contributed by atoms with van der Waals surface area (Å²) in [6.07, 6.45) is 1.51. The lowest BCUT2D eigenvalue weighted by atomic mass is 10.1. The van der Waals surface area contributed by atoms with Crippen LogP contribution in [0.3, 0.4) is 0 Å². The zero-order valence-electron chi connectivity index (χ0n) is 14.5. The Morgan fingerprint density at radius 1 is 1.11 bits per heavy atom. The number of carbonyl (C=O) groups excluding carboxylic acids is 1. The first-order valence-corrected chi connectivity index (χ1v) is 8.39. The molecule has 3 rings (SSSR count). The Hall–Kier alpha value is -2.99. The van der Waals surface area contributed by atoms with Gasteiger partial charge in [-0.1, -0.05) is 23.7 Å². The average molecular weight is 389 g/mol. The van der Waals surface area contributed by atoms with Crippen LogP contribution in [0, 0.1) is 25.5 Å². The summed E-state index contributed by atoms with van der Waals surface area (Å²) < 4.78 is 32.5. The normalized spacial score (nSPS) is 10.6. The number of carbonyl (C=O) groups is 1. The van der Waals surface area contributed by atoms with Gasteiger partial charge in [-0.2, -0.15) is 0 Å². The van der Waals surface area contributed by atoms with Crippen molar-refractivity contribution in [2.75, 3.05) is 5.32 Å². The lowest BCUT2D eigenvalue weighted by Crippen LogP contribution is -2.14. The first-order valence-electron chi connectivity index (χ1n) is 8.02. The molecule has 27 heavy (non-hydrogen) atoms. The highest BCUT2D eigenvalue weighted by Crippen LogP contribution is 2.31. The average Bonchev–Trinajstić information content (AvgIpc) is 2.63. The second-order valence-electron chi connectivity index (χ2n) is 5.86. The number of hydrogen-bond acceptors (Lipinski definition) is 3. The maximum Gasteiger partial charge on any atom is 0.257 e. The summed E-state index contributed by atoms with van der Waals surface area (Å²) in [5.41, 5.74) is 2.05. The van der Waals surface area contributed by atoms with Crippen molar-refractivity contribution in [3.05, 3.63) is 82.0 Å². The van der Waals surface area contributed by atoms with E-state index >= 15 is 0 Å². The number of nitrogens with zero attached hydrogens (tertiary/aromatic N) is 1. The molecular weight excluding hydrogens is 374 g/mol. The van der Waals surface area contributed by atoms with Crippen molar-refractivity contribution in [1.29, 1.82) is 0 Å². The maximum absolute atomic E-state index is 13.5. The third kappa shape index (κ3) is 4.06. The number of benzene rings is 2. The largest absolute Gasteiger partial charge is 0.437 e. The number of aromatic nitrogens is 1. The van der Waals surface area contributed by atoms with Crippen molar-refractivity contribution < 1.29 is 18.3 Å². The van der Waals surface area contributed by atoms with Gasteiger partial charge in [0.2, 0.25) is 5.88 Å². The van der Waals surface area contributed by atoms with Crippen LogP contribution in [0.2, 0.25) is 5.02 Å². The van der Waals surface area contributed by atoms with E-state index in [1.54, 1.807) is 18.2 Å². The Bertz CT molecular complexity index is 1020. The fraction of sp³-hybridized carbons (Fsp3) is 0.100. The number of hydrogen-bond donors (Lipinski definition) is 1. The molecule has 2 aromatic carbocycles. The minimum atomic E-state index is -1.16. The fourth-order valence-corrected chi connectivity index (χ4v) is 2.63. The van der Waals surface area contributed by atoms with Crippen molar-refractivity contribution in [3.8, 4) is 11.6 Å². The van der Waals surface area contributed by atoms with E-state index in [1.165, 1.54) is 6.20 Å². The van der Waals surface area contributed by atoms with Gasteiger partial charge in [0.1, 0.15) is 11.4 Å². The molecule has 0 fully saturated rings. The molecule has 0 bridgehead atoms. The molecule has 0 saturated carbocycles. The van der Waals surface area contributed by atoms with Crippen molar-refractivity contribution in [2.45, 2.75) is 13.8 Å². The van der Waals surface area contributed by atoms with Gasteiger partial charge in [-0.15, -0.1) is 0 Å². The third-order valence-corrected chi connectivity index (χ3v) is 4.35. The Balaban J connectivity index is 1.89. The van der Waals surface area contributed by atoms with Gasteiger partial charge in [0.15, 0.2) is 11.6 Å². The molecule has 1 aromatic heterocycles. The highest BCUT2D eigenvalue weighted by Gasteiger charge is 2.17. The Kier molecular flexibility index (Phi) is 5.37. The molecule has 7 heteroatoms. The molecule has 1 amide bonds. The van der Waals surface area contributed by atoms with E-state index in [2.05, 4.69) is 10.3 Å². The summed E-state index contributed by atoms with van der Waals surface area (Å²) in [4.78, 5) is 16.6. The Morgan fingerprint density at radius 3 is 2.63 bits per heavy atom. The molecule has 0 spiro atoms. The first kappa shape index (κ1) is 18.8. The standard InChI is InChI=1S/C20H15ClF2N2O2/c1-11-5-3-7-18(12(11)2)27-20-17(6-4-8-24-20)25-19(26)13-9-15(22)16(23)10-14(13)21/h3-10H,1-2H3,(H,25,26). The second-order valence-corrected chi connectivity index (χ2v) is 6.26. The SMILES string of the molecule is Cc1cccc(Oc2ncccc2NC(=O)c2cc(F)c(F)cc2Cl)c1C. The molecule has 1 N–H and O–H groups in total. The minimum absolute atomic E-state index is 0.165. The zero-order chi connectivity index (χ0) is 19.6. The van der Waals surface area contributed by atoms with Crippen LogP contribution in [-0.2, 0) is 0 Å². The molecule has 138 valence electrons. The second kappa shape index (κ2) is 7.72. The Morgan fingerprint density at radius 2 is 1.85 bits per heavy atom. The van der Waals surface area contributed by atoms with E-state index < -0.39 is 17.5 Å². The Labute approximate surface area is 159 Å². The maximum atomic E-state index is 13.5. The predicted octanol–water partition coefficient (Wildman–Crippen LogP) is 5.67. The topological polar surface area (TPSA) is 51.2 Å². The minimum Gasteiger partial charge on any atom is -0.437 e. The molecule has 0 radical (unpaired) electrons. The van der Waals surface area contributed by atoms with Gasteiger partial charge in [-0.25, -0.2) is 13.8 Å². The number of rotatable bonds is 4. The number of ether oxygens (including phenoxy) is 1. The van der Waals surface area contributed by atoms with Crippen LogP contribution >= 0.6 is 11.6 Å². The molecular formula is C20H15ClF2N2O2. The molecule has 0 atom stereocenters. The van der Waals surface area contributed by atoms with Crippen molar-refractivity contribution in [3.63, 3.8) is 0 Å². The lowest BCUT2D eigenvalue weighted by Gasteiger charge is -2.14. The van der Waals surface area contributed by atoms with Gasteiger partial charge in [-0.05, 0) is 55.3 Å². The molecule has 0 aliphatic heterocycles. The van der Waals surface area contributed by atoms with Crippen LogP contribution in [0.1, 0.15) is 21.5 Å². The third-order valence-electron chi connectivity index (χ3n) is 4.04. The first-order chi connectivity index (χ1) is 12.9. The van der Waals surface area contributed by atoms with E-state index in [0.29, 0.717) is 5.75 Å². The van der Waals surface area contributed by atoms with Gasteiger partial charge in [0.25, 0.3) is 5.91 Å². The molecule has 0 aliphatic carbocycles. The summed E-state index contributed by atoms with van der Waals surface area (Å²) in [7, 11) is 0. The van der Waals surface area contributed by atoms with Crippen LogP contribution in [0.15, 0.2) is 48.7 Å². The van der Waals surface area contributed by atoms with Gasteiger partial charge in [0, 0.05) is 6.20 Å². The summed E-state index contributed by atoms with van der Waals surface area (Å²) in [6, 6.07) is 10.3. The smallest absolute Gasteiger partial charge is 0.257 e. The number of amides is 1. The number of aryl methyl sites for hydroxylation is 1. The zero-order valence-corrected chi connectivity index (χ0v) is 15.3. The van der Waals surface area contributed by atoms with Crippen LogP contribution < -0.4 is 10.1 Å². The quantitative estimate of drug-likeness (QED) is 0.585. The van der Waals surface area contributed by atoms with Crippen LogP contribution in [0.25, 0.3) is 0 Å². The number of pyridine rings is 1. The van der Waals surface area contributed by atoms with E-state index in [1.807, 2.05) is 26.0 Å². The molecule has 4 nitrogen and oxygen atoms in total. The molecule has 3 aromatic rings.